The van der Waals surface area contributed by atoms with Crippen LogP contribution in [-0.4, -0.2) is 12.1 Å². The Morgan fingerprint density at radius 2 is 1.85 bits per heavy atom. The molecule has 0 atom stereocenters. The second-order valence-electron chi connectivity index (χ2n) is 6.07. The van der Waals surface area contributed by atoms with E-state index in [4.69, 9.17) is 4.74 Å². The standard InChI is InChI=1S/C18H23NO/c1-6-13-7-9-15(16(11-13)18(2,3)4)14-8-10-17(20-5)19-12-14/h7-12H,6H2,1-5H3. The molecule has 1 aromatic heterocycles. The highest BCUT2D eigenvalue weighted by molar-refractivity contribution is 5.68. The van der Waals surface area contributed by atoms with Crippen molar-refractivity contribution in [2.24, 2.45) is 0 Å². The SMILES string of the molecule is CCc1ccc(-c2ccc(OC)nc2)c(C(C)(C)C)c1. The van der Waals surface area contributed by atoms with Crippen LogP contribution in [0.5, 0.6) is 5.88 Å². The number of nitrogens with zero attached hydrogens (tertiary/aromatic N) is 1. The molecule has 0 radical (unpaired) electrons. The van der Waals surface area contributed by atoms with E-state index in [1.54, 1.807) is 7.11 Å². The van der Waals surface area contributed by atoms with Crippen LogP contribution in [0, 0.1) is 0 Å². The molecule has 2 heteroatoms. The zero-order valence-corrected chi connectivity index (χ0v) is 13.0. The zero-order valence-electron chi connectivity index (χ0n) is 13.0. The Hall–Kier alpha value is -1.83. The first kappa shape index (κ1) is 14.6. The van der Waals surface area contributed by atoms with Crippen LogP contribution < -0.4 is 4.74 Å². The molecule has 0 unspecified atom stereocenters. The summed E-state index contributed by atoms with van der Waals surface area (Å²) in [4.78, 5) is 4.32. The lowest BCUT2D eigenvalue weighted by atomic mass is 9.81. The van der Waals surface area contributed by atoms with E-state index in [-0.39, 0.29) is 5.41 Å². The first-order valence-electron chi connectivity index (χ1n) is 7.09. The van der Waals surface area contributed by atoms with Gasteiger partial charge < -0.3 is 4.74 Å². The second kappa shape index (κ2) is 5.66. The van der Waals surface area contributed by atoms with Gasteiger partial charge in [-0.2, -0.15) is 0 Å². The van der Waals surface area contributed by atoms with Crippen molar-refractivity contribution >= 4 is 0 Å². The number of aryl methyl sites for hydroxylation is 1. The van der Waals surface area contributed by atoms with E-state index in [0.717, 1.165) is 12.0 Å². The maximum Gasteiger partial charge on any atom is 0.212 e. The third-order valence-corrected chi connectivity index (χ3v) is 3.56. The second-order valence-corrected chi connectivity index (χ2v) is 6.07. The monoisotopic (exact) mass is 269 g/mol. The van der Waals surface area contributed by atoms with Crippen molar-refractivity contribution in [1.29, 1.82) is 0 Å². The van der Waals surface area contributed by atoms with Crippen LogP contribution in [0.2, 0.25) is 0 Å². The first-order chi connectivity index (χ1) is 9.45. The molecule has 106 valence electrons. The molecule has 2 nitrogen and oxygen atoms in total. The minimum absolute atomic E-state index is 0.112. The molecule has 0 aliphatic carbocycles. The van der Waals surface area contributed by atoms with Gasteiger partial charge in [0, 0.05) is 17.8 Å². The molecule has 0 saturated heterocycles. The van der Waals surface area contributed by atoms with Gasteiger partial charge >= 0.3 is 0 Å². The first-order valence-corrected chi connectivity index (χ1v) is 7.09. The van der Waals surface area contributed by atoms with Gasteiger partial charge in [0.25, 0.3) is 0 Å². The van der Waals surface area contributed by atoms with E-state index >= 15 is 0 Å². The molecule has 2 rings (SSSR count). The molecule has 0 N–H and O–H groups in total. The molecule has 1 aromatic carbocycles. The van der Waals surface area contributed by atoms with Crippen LogP contribution >= 0.6 is 0 Å². The summed E-state index contributed by atoms with van der Waals surface area (Å²) in [5.41, 5.74) is 5.24. The number of ether oxygens (including phenoxy) is 1. The molecule has 0 amide bonds. The van der Waals surface area contributed by atoms with Crippen molar-refractivity contribution in [3.8, 4) is 17.0 Å². The van der Waals surface area contributed by atoms with Gasteiger partial charge in [0.1, 0.15) is 0 Å². The molecule has 0 spiro atoms. The maximum absolute atomic E-state index is 5.13. The maximum atomic E-state index is 5.13. The van der Waals surface area contributed by atoms with E-state index in [0.29, 0.717) is 5.88 Å². The molecule has 0 aliphatic rings. The smallest absolute Gasteiger partial charge is 0.212 e. The quantitative estimate of drug-likeness (QED) is 0.811. The van der Waals surface area contributed by atoms with Crippen molar-refractivity contribution in [1.82, 2.24) is 4.98 Å². The average Bonchev–Trinajstić information content (AvgIpc) is 2.46. The summed E-state index contributed by atoms with van der Waals surface area (Å²) < 4.78 is 5.13. The fourth-order valence-electron chi connectivity index (χ4n) is 2.34. The third kappa shape index (κ3) is 3.01. The van der Waals surface area contributed by atoms with E-state index < -0.39 is 0 Å². The summed E-state index contributed by atoms with van der Waals surface area (Å²) in [5, 5.41) is 0. The van der Waals surface area contributed by atoms with Gasteiger partial charge in [0.2, 0.25) is 5.88 Å². The van der Waals surface area contributed by atoms with Crippen LogP contribution in [0.4, 0.5) is 0 Å². The summed E-state index contributed by atoms with van der Waals surface area (Å²) in [6.07, 6.45) is 2.94. The summed E-state index contributed by atoms with van der Waals surface area (Å²) in [6, 6.07) is 10.7. The molecule has 0 aliphatic heterocycles. The van der Waals surface area contributed by atoms with Crippen LogP contribution in [0.15, 0.2) is 36.5 Å². The van der Waals surface area contributed by atoms with Gasteiger partial charge in [-0.3, -0.25) is 0 Å². The van der Waals surface area contributed by atoms with Crippen molar-refractivity contribution < 1.29 is 4.74 Å². The van der Waals surface area contributed by atoms with Gasteiger partial charge in [0.15, 0.2) is 0 Å². The van der Waals surface area contributed by atoms with Crippen molar-refractivity contribution in [2.75, 3.05) is 7.11 Å². The Labute approximate surface area is 121 Å². The third-order valence-electron chi connectivity index (χ3n) is 3.56. The molecule has 1 heterocycles. The Morgan fingerprint density at radius 1 is 1.10 bits per heavy atom. The fraction of sp³-hybridized carbons (Fsp3) is 0.389. The van der Waals surface area contributed by atoms with Gasteiger partial charge in [-0.15, -0.1) is 0 Å². The number of methoxy groups -OCH3 is 1. The van der Waals surface area contributed by atoms with Crippen molar-refractivity contribution in [2.45, 2.75) is 39.5 Å². The number of aromatic nitrogens is 1. The predicted molar refractivity (Wildman–Crippen MR) is 84.3 cm³/mol. The molecule has 2 aromatic rings. The van der Waals surface area contributed by atoms with Crippen LogP contribution in [0.25, 0.3) is 11.1 Å². The summed E-state index contributed by atoms with van der Waals surface area (Å²) >= 11 is 0. The van der Waals surface area contributed by atoms with Gasteiger partial charge in [0.05, 0.1) is 7.11 Å². The zero-order chi connectivity index (χ0) is 14.8. The highest BCUT2D eigenvalue weighted by Crippen LogP contribution is 2.34. The molecule has 20 heavy (non-hydrogen) atoms. The lowest BCUT2D eigenvalue weighted by Gasteiger charge is -2.24. The van der Waals surface area contributed by atoms with Crippen molar-refractivity contribution in [3.63, 3.8) is 0 Å². The van der Waals surface area contributed by atoms with Crippen LogP contribution in [0.1, 0.15) is 38.8 Å². The average molecular weight is 269 g/mol. The minimum Gasteiger partial charge on any atom is -0.481 e. The van der Waals surface area contributed by atoms with E-state index in [1.807, 2.05) is 12.3 Å². The van der Waals surface area contributed by atoms with Gasteiger partial charge in [-0.1, -0.05) is 45.9 Å². The van der Waals surface area contributed by atoms with E-state index in [9.17, 15) is 0 Å². The van der Waals surface area contributed by atoms with E-state index in [2.05, 4.69) is 56.9 Å². The van der Waals surface area contributed by atoms with Crippen LogP contribution in [-0.2, 0) is 11.8 Å². The van der Waals surface area contributed by atoms with Gasteiger partial charge in [-0.25, -0.2) is 4.98 Å². The highest BCUT2D eigenvalue weighted by atomic mass is 16.5. The van der Waals surface area contributed by atoms with Gasteiger partial charge in [-0.05, 0) is 34.6 Å². The van der Waals surface area contributed by atoms with E-state index in [1.165, 1.54) is 16.7 Å². The molecule has 0 saturated carbocycles. The Balaban J connectivity index is 2.54. The molecule has 0 fully saturated rings. The number of hydrogen-bond donors (Lipinski definition) is 0. The highest BCUT2D eigenvalue weighted by Gasteiger charge is 2.19. The minimum atomic E-state index is 0.112. The molecular formula is C18H23NO. The Kier molecular flexibility index (Phi) is 4.12. The lowest BCUT2D eigenvalue weighted by Crippen LogP contribution is -2.13. The topological polar surface area (TPSA) is 22.1 Å². The number of hydrogen-bond acceptors (Lipinski definition) is 2. The predicted octanol–water partition coefficient (Wildman–Crippen LogP) is 4.62. The van der Waals surface area contributed by atoms with Crippen LogP contribution in [0.3, 0.4) is 0 Å². The molecule has 0 bridgehead atoms. The Morgan fingerprint density at radius 3 is 2.35 bits per heavy atom. The normalized spacial score (nSPS) is 11.4. The fourth-order valence-corrected chi connectivity index (χ4v) is 2.34. The number of rotatable bonds is 3. The summed E-state index contributed by atoms with van der Waals surface area (Å²) in [7, 11) is 1.64. The lowest BCUT2D eigenvalue weighted by molar-refractivity contribution is 0.398. The summed E-state index contributed by atoms with van der Waals surface area (Å²) in [6.45, 7) is 8.95. The van der Waals surface area contributed by atoms with Crippen molar-refractivity contribution in [3.05, 3.63) is 47.7 Å². The number of pyridine rings is 1. The largest absolute Gasteiger partial charge is 0.481 e. The number of benzene rings is 1. The Bertz CT molecular complexity index is 579. The molecular weight excluding hydrogens is 246 g/mol. The summed E-state index contributed by atoms with van der Waals surface area (Å²) in [5.74, 6) is 0.649.